The van der Waals surface area contributed by atoms with Crippen molar-refractivity contribution in [2.45, 2.75) is 0 Å². The number of aliphatic imine (C=N–C) groups is 1. The number of para-hydroxylation sites is 1. The predicted octanol–water partition coefficient (Wildman–Crippen LogP) is 1.22. The summed E-state index contributed by atoms with van der Waals surface area (Å²) in [6.07, 6.45) is 0. The Balaban J connectivity index is 2.28. The molecule has 76 valence electrons. The van der Waals surface area contributed by atoms with Gasteiger partial charge in [-0.15, -0.1) is 0 Å². The Morgan fingerprint density at radius 1 is 1.27 bits per heavy atom. The summed E-state index contributed by atoms with van der Waals surface area (Å²) in [7, 11) is 0. The fourth-order valence-corrected chi connectivity index (χ4v) is 1.93. The van der Waals surface area contributed by atoms with Crippen molar-refractivity contribution in [2.75, 3.05) is 13.1 Å². The second kappa shape index (κ2) is 3.02. The van der Waals surface area contributed by atoms with E-state index < -0.39 is 0 Å². The van der Waals surface area contributed by atoms with Crippen LogP contribution in [0.4, 0.5) is 0 Å². The Bertz CT molecular complexity index is 542. The fourth-order valence-electron chi connectivity index (χ4n) is 1.93. The molecular formula is C11H11N3O. The molecule has 4 nitrogen and oxygen atoms in total. The monoisotopic (exact) mass is 201 g/mol. The van der Waals surface area contributed by atoms with Crippen LogP contribution in [0.15, 0.2) is 29.3 Å². The number of amidine groups is 1. The molecule has 3 rings (SSSR count). The van der Waals surface area contributed by atoms with Crippen molar-refractivity contribution >= 4 is 16.7 Å². The van der Waals surface area contributed by atoms with E-state index in [0.29, 0.717) is 0 Å². The van der Waals surface area contributed by atoms with Gasteiger partial charge in [-0.3, -0.25) is 4.99 Å². The molecule has 4 heteroatoms. The number of H-pyrrole nitrogens is 1. The quantitative estimate of drug-likeness (QED) is 0.649. The zero-order valence-electron chi connectivity index (χ0n) is 8.12. The molecule has 0 amide bonds. The first-order valence-corrected chi connectivity index (χ1v) is 4.94. The number of aromatic amines is 1. The molecule has 0 unspecified atom stereocenters. The van der Waals surface area contributed by atoms with Crippen LogP contribution in [0, 0.1) is 0 Å². The van der Waals surface area contributed by atoms with Crippen LogP contribution in [0.1, 0.15) is 5.56 Å². The highest BCUT2D eigenvalue weighted by Gasteiger charge is 2.17. The molecule has 0 spiro atoms. The van der Waals surface area contributed by atoms with Crippen molar-refractivity contribution in [2.24, 2.45) is 4.99 Å². The van der Waals surface area contributed by atoms with Crippen LogP contribution in [-0.4, -0.2) is 29.0 Å². The highest BCUT2D eigenvalue weighted by Crippen LogP contribution is 2.27. The van der Waals surface area contributed by atoms with Crippen molar-refractivity contribution in [1.29, 1.82) is 0 Å². The van der Waals surface area contributed by atoms with Crippen LogP contribution in [0.3, 0.4) is 0 Å². The summed E-state index contributed by atoms with van der Waals surface area (Å²) in [5.41, 5.74) is 1.71. The number of nitrogens with one attached hydrogen (secondary N) is 2. The molecule has 1 aliphatic rings. The molecular weight excluding hydrogens is 190 g/mol. The number of aromatic nitrogens is 1. The van der Waals surface area contributed by atoms with E-state index in [2.05, 4.69) is 15.3 Å². The molecule has 2 aromatic rings. The fraction of sp³-hybridized carbons (Fsp3) is 0.182. The van der Waals surface area contributed by atoms with Gasteiger partial charge in [0, 0.05) is 17.4 Å². The summed E-state index contributed by atoms with van der Waals surface area (Å²) in [5, 5.41) is 14.0. The Hall–Kier alpha value is -1.97. The van der Waals surface area contributed by atoms with Gasteiger partial charge in [-0.05, 0) is 6.07 Å². The Kier molecular flexibility index (Phi) is 1.68. The van der Waals surface area contributed by atoms with E-state index >= 15 is 0 Å². The number of hydrogen-bond acceptors (Lipinski definition) is 3. The number of rotatable bonds is 1. The zero-order chi connectivity index (χ0) is 10.3. The van der Waals surface area contributed by atoms with E-state index in [1.807, 2.05) is 24.3 Å². The van der Waals surface area contributed by atoms with E-state index in [-0.39, 0.29) is 5.88 Å². The summed E-state index contributed by atoms with van der Waals surface area (Å²) >= 11 is 0. The molecule has 0 atom stereocenters. The molecule has 1 aromatic heterocycles. The highest BCUT2D eigenvalue weighted by molar-refractivity contribution is 6.12. The van der Waals surface area contributed by atoms with Gasteiger partial charge in [-0.2, -0.15) is 0 Å². The lowest BCUT2D eigenvalue weighted by atomic mass is 10.1. The van der Waals surface area contributed by atoms with Crippen LogP contribution in [-0.2, 0) is 0 Å². The van der Waals surface area contributed by atoms with E-state index in [9.17, 15) is 5.11 Å². The van der Waals surface area contributed by atoms with Gasteiger partial charge in [-0.25, -0.2) is 0 Å². The van der Waals surface area contributed by atoms with Crippen LogP contribution in [0.2, 0.25) is 0 Å². The summed E-state index contributed by atoms with van der Waals surface area (Å²) < 4.78 is 0. The number of aromatic hydroxyl groups is 1. The average Bonchev–Trinajstić information content (AvgIpc) is 2.82. The van der Waals surface area contributed by atoms with Crippen LogP contribution in [0.5, 0.6) is 5.88 Å². The van der Waals surface area contributed by atoms with Crippen LogP contribution < -0.4 is 5.32 Å². The Morgan fingerprint density at radius 2 is 2.13 bits per heavy atom. The third kappa shape index (κ3) is 1.18. The number of benzene rings is 1. The smallest absolute Gasteiger partial charge is 0.200 e. The number of nitrogens with zero attached hydrogens (tertiary/aromatic N) is 1. The van der Waals surface area contributed by atoms with Crippen molar-refractivity contribution in [3.63, 3.8) is 0 Å². The Labute approximate surface area is 86.7 Å². The zero-order valence-corrected chi connectivity index (χ0v) is 8.12. The molecule has 1 aromatic carbocycles. The Morgan fingerprint density at radius 3 is 2.93 bits per heavy atom. The van der Waals surface area contributed by atoms with E-state index in [1.165, 1.54) is 0 Å². The first-order valence-electron chi connectivity index (χ1n) is 4.94. The van der Waals surface area contributed by atoms with Gasteiger partial charge < -0.3 is 15.4 Å². The molecule has 0 saturated carbocycles. The van der Waals surface area contributed by atoms with Gasteiger partial charge in [0.25, 0.3) is 0 Å². The van der Waals surface area contributed by atoms with E-state index in [4.69, 9.17) is 0 Å². The van der Waals surface area contributed by atoms with Crippen LogP contribution in [0.25, 0.3) is 10.9 Å². The maximum absolute atomic E-state index is 9.82. The lowest BCUT2D eigenvalue weighted by Gasteiger charge is -2.00. The van der Waals surface area contributed by atoms with E-state index in [1.54, 1.807) is 0 Å². The van der Waals surface area contributed by atoms with Gasteiger partial charge in [-0.1, -0.05) is 18.2 Å². The first-order chi connectivity index (χ1) is 7.36. The SMILES string of the molecule is Oc1[nH]c2ccccc2c1C1=NCCN1. The molecule has 0 radical (unpaired) electrons. The topological polar surface area (TPSA) is 60.4 Å². The molecule has 0 fully saturated rings. The summed E-state index contributed by atoms with van der Waals surface area (Å²) in [6, 6.07) is 7.80. The minimum atomic E-state index is 0.185. The van der Waals surface area contributed by atoms with Crippen molar-refractivity contribution < 1.29 is 5.11 Å². The molecule has 2 heterocycles. The summed E-state index contributed by atoms with van der Waals surface area (Å²) in [6.45, 7) is 1.61. The number of fused-ring (bicyclic) bond motifs is 1. The molecule has 15 heavy (non-hydrogen) atoms. The lowest BCUT2D eigenvalue weighted by molar-refractivity contribution is 0.457. The van der Waals surface area contributed by atoms with Crippen molar-refractivity contribution in [1.82, 2.24) is 10.3 Å². The summed E-state index contributed by atoms with van der Waals surface area (Å²) in [5.74, 6) is 0.967. The second-order valence-corrected chi connectivity index (χ2v) is 3.55. The van der Waals surface area contributed by atoms with Crippen molar-refractivity contribution in [3.05, 3.63) is 29.8 Å². The van der Waals surface area contributed by atoms with Gasteiger partial charge in [0.15, 0.2) is 0 Å². The molecule has 0 aliphatic carbocycles. The normalized spacial score (nSPS) is 15.3. The first kappa shape index (κ1) is 8.35. The molecule has 1 aliphatic heterocycles. The predicted molar refractivity (Wildman–Crippen MR) is 59.4 cm³/mol. The minimum absolute atomic E-state index is 0.185. The van der Waals surface area contributed by atoms with Gasteiger partial charge in [0.05, 0.1) is 12.1 Å². The molecule has 0 saturated heterocycles. The third-order valence-corrected chi connectivity index (χ3v) is 2.60. The lowest BCUT2D eigenvalue weighted by Crippen LogP contribution is -2.19. The maximum Gasteiger partial charge on any atom is 0.200 e. The standard InChI is InChI=1S/C11H11N3O/c15-11-9(10-12-5-6-13-10)7-3-1-2-4-8(7)14-11/h1-4,14-15H,5-6H2,(H,12,13). The molecule has 3 N–H and O–H groups in total. The maximum atomic E-state index is 9.82. The largest absolute Gasteiger partial charge is 0.494 e. The minimum Gasteiger partial charge on any atom is -0.494 e. The highest BCUT2D eigenvalue weighted by atomic mass is 16.3. The van der Waals surface area contributed by atoms with Gasteiger partial charge >= 0.3 is 0 Å². The van der Waals surface area contributed by atoms with Crippen molar-refractivity contribution in [3.8, 4) is 5.88 Å². The average molecular weight is 201 g/mol. The second-order valence-electron chi connectivity index (χ2n) is 3.55. The third-order valence-electron chi connectivity index (χ3n) is 2.60. The van der Waals surface area contributed by atoms with Gasteiger partial charge in [0.2, 0.25) is 5.88 Å². The number of hydrogen-bond donors (Lipinski definition) is 3. The van der Waals surface area contributed by atoms with Gasteiger partial charge in [0.1, 0.15) is 5.84 Å². The van der Waals surface area contributed by atoms with Crippen LogP contribution >= 0.6 is 0 Å². The van der Waals surface area contributed by atoms with E-state index in [0.717, 1.165) is 35.4 Å². The molecule has 0 bridgehead atoms. The summed E-state index contributed by atoms with van der Waals surface area (Å²) in [4.78, 5) is 7.25.